The Morgan fingerprint density at radius 2 is 1.18 bits per heavy atom. The van der Waals surface area contributed by atoms with E-state index in [1.165, 1.54) is 18.1 Å². The minimum Gasteiger partial charge on any atom is -0.417 e. The van der Waals surface area contributed by atoms with Gasteiger partial charge in [-0.15, -0.1) is 0 Å². The minimum atomic E-state index is -2.32. The molecule has 49 heavy (non-hydrogen) atoms. The molecule has 0 spiro atoms. The molecule has 6 atom stereocenters. The molecule has 1 heterocycles. The molecule has 1 fully saturated rings. The van der Waals surface area contributed by atoms with E-state index in [1.54, 1.807) is 0 Å². The van der Waals surface area contributed by atoms with E-state index >= 15 is 0 Å². The normalized spacial score (nSPS) is 22.0. The standard InChI is InChI=1S/C38H81IO6Si4/c1-20-49(21-2,22-3)41-29-27-30-24-23-25-31(42-30)34(44-47(16,17)37(7,8)9)35(45-48(18,19)38(10,11)12)33(40-13)32(26-28-39)43-46(14,15)36(4,5)6/h26,28,30-35H,20-25,27,29H2,1-19H3/b28-26+/t30-,31+,32?,33?,34?,35?/m1/s1. The number of hydrogen-bond acceptors (Lipinski definition) is 6. The van der Waals surface area contributed by atoms with Crippen LogP contribution in [0.3, 0.4) is 0 Å². The van der Waals surface area contributed by atoms with Crippen LogP contribution in [0.4, 0.5) is 0 Å². The van der Waals surface area contributed by atoms with Crippen LogP contribution in [0, 0.1) is 0 Å². The zero-order valence-electron chi connectivity index (χ0n) is 35.6. The largest absolute Gasteiger partial charge is 0.417 e. The molecule has 0 saturated carbocycles. The topological polar surface area (TPSA) is 55.4 Å². The zero-order chi connectivity index (χ0) is 38.3. The van der Waals surface area contributed by atoms with E-state index in [-0.39, 0.29) is 51.7 Å². The summed E-state index contributed by atoms with van der Waals surface area (Å²) in [5, 5.41) is 0.0668. The molecule has 1 aliphatic rings. The lowest BCUT2D eigenvalue weighted by atomic mass is 9.93. The second kappa shape index (κ2) is 19.1. The fourth-order valence-corrected chi connectivity index (χ4v) is 12.8. The molecule has 0 aromatic heterocycles. The maximum atomic E-state index is 7.57. The molecule has 0 aliphatic carbocycles. The lowest BCUT2D eigenvalue weighted by molar-refractivity contribution is -0.162. The summed E-state index contributed by atoms with van der Waals surface area (Å²) in [6.45, 7) is 42.6. The molecule has 6 nitrogen and oxygen atoms in total. The minimum absolute atomic E-state index is 0.00146. The summed E-state index contributed by atoms with van der Waals surface area (Å²) < 4.78 is 44.9. The Bertz CT molecular complexity index is 989. The summed E-state index contributed by atoms with van der Waals surface area (Å²) in [5.74, 6) is 0. The van der Waals surface area contributed by atoms with Gasteiger partial charge in [0, 0.05) is 13.7 Å². The van der Waals surface area contributed by atoms with Gasteiger partial charge in [0.05, 0.1) is 24.4 Å². The van der Waals surface area contributed by atoms with Crippen LogP contribution in [-0.4, -0.2) is 83.6 Å². The first-order chi connectivity index (χ1) is 22.2. The highest BCUT2D eigenvalue weighted by Crippen LogP contribution is 2.44. The summed E-state index contributed by atoms with van der Waals surface area (Å²) in [4.78, 5) is 0. The fourth-order valence-electron chi connectivity index (χ4n) is 5.82. The van der Waals surface area contributed by atoms with Gasteiger partial charge in [0.2, 0.25) is 0 Å². The van der Waals surface area contributed by atoms with Crippen LogP contribution in [0.15, 0.2) is 10.2 Å². The molecule has 0 N–H and O–H groups in total. The summed E-state index contributed by atoms with van der Waals surface area (Å²) in [6, 6.07) is 3.52. The third kappa shape index (κ3) is 13.4. The van der Waals surface area contributed by atoms with Gasteiger partial charge < -0.3 is 27.2 Å². The highest BCUT2D eigenvalue weighted by molar-refractivity contribution is 14.1. The van der Waals surface area contributed by atoms with Crippen LogP contribution in [0.2, 0.25) is 72.5 Å². The molecule has 0 aromatic carbocycles. The SMILES string of the molecule is CC[Si](CC)(CC)OCC[C@H]1CCC[C@@H](C(O[Si](C)(C)C(C)(C)C)C(O[Si](C)(C)C(C)(C)C)C(OC)C(/C=C/I)O[Si](C)(C)C(C)(C)C)O1. The first kappa shape index (κ1) is 48.1. The first-order valence-corrected chi connectivity index (χ1v) is 31.8. The van der Waals surface area contributed by atoms with E-state index in [0.29, 0.717) is 0 Å². The van der Waals surface area contributed by atoms with Crippen molar-refractivity contribution in [1.29, 1.82) is 0 Å². The highest BCUT2D eigenvalue weighted by atomic mass is 127. The molecule has 0 amide bonds. The highest BCUT2D eigenvalue weighted by Gasteiger charge is 2.52. The maximum Gasteiger partial charge on any atom is 0.193 e. The average molecular weight is 873 g/mol. The molecular weight excluding hydrogens is 792 g/mol. The Labute approximate surface area is 323 Å². The zero-order valence-corrected chi connectivity index (χ0v) is 41.8. The van der Waals surface area contributed by atoms with Crippen molar-refractivity contribution in [3.8, 4) is 0 Å². The van der Waals surface area contributed by atoms with E-state index in [0.717, 1.165) is 32.3 Å². The van der Waals surface area contributed by atoms with Gasteiger partial charge in [0.1, 0.15) is 12.2 Å². The molecule has 4 unspecified atom stereocenters. The molecule has 0 aromatic rings. The lowest BCUT2D eigenvalue weighted by Crippen LogP contribution is -2.62. The lowest BCUT2D eigenvalue weighted by Gasteiger charge is -2.51. The van der Waals surface area contributed by atoms with Crippen molar-refractivity contribution in [3.05, 3.63) is 10.2 Å². The molecule has 11 heteroatoms. The third-order valence-electron chi connectivity index (χ3n) is 12.7. The van der Waals surface area contributed by atoms with E-state index in [4.69, 9.17) is 27.2 Å². The van der Waals surface area contributed by atoms with Crippen LogP contribution >= 0.6 is 22.6 Å². The Kier molecular flexibility index (Phi) is 18.8. The first-order valence-electron chi connectivity index (χ1n) is 19.3. The van der Waals surface area contributed by atoms with Crippen LogP contribution in [0.25, 0.3) is 0 Å². The second-order valence-electron chi connectivity index (χ2n) is 19.2. The third-order valence-corrected chi connectivity index (χ3v) is 31.3. The second-order valence-corrected chi connectivity index (χ2v) is 38.9. The van der Waals surface area contributed by atoms with Crippen molar-refractivity contribution < 1.29 is 27.2 Å². The van der Waals surface area contributed by atoms with Crippen molar-refractivity contribution in [2.45, 2.75) is 218 Å². The monoisotopic (exact) mass is 872 g/mol. The van der Waals surface area contributed by atoms with Gasteiger partial charge in [-0.25, -0.2) is 0 Å². The van der Waals surface area contributed by atoms with E-state index in [2.05, 4.69) is 155 Å². The number of ether oxygens (including phenoxy) is 2. The predicted octanol–water partition coefficient (Wildman–Crippen LogP) is 12.5. The Balaban J connectivity index is 3.81. The number of methoxy groups -OCH3 is 1. The van der Waals surface area contributed by atoms with E-state index in [9.17, 15) is 0 Å². The van der Waals surface area contributed by atoms with Crippen LogP contribution in [0.5, 0.6) is 0 Å². The van der Waals surface area contributed by atoms with Gasteiger partial charge in [0.25, 0.3) is 0 Å². The molecule has 1 aliphatic heterocycles. The average Bonchev–Trinajstić information content (AvgIpc) is 2.96. The number of halogens is 1. The summed E-state index contributed by atoms with van der Waals surface area (Å²) >= 11 is 2.32. The molecule has 292 valence electrons. The number of rotatable bonds is 19. The van der Waals surface area contributed by atoms with Gasteiger partial charge in [-0.2, -0.15) is 0 Å². The predicted molar refractivity (Wildman–Crippen MR) is 230 cm³/mol. The molecule has 0 bridgehead atoms. The van der Waals surface area contributed by atoms with Gasteiger partial charge in [-0.3, -0.25) is 0 Å². The van der Waals surface area contributed by atoms with Crippen molar-refractivity contribution >= 4 is 55.9 Å². The van der Waals surface area contributed by atoms with E-state index < -0.39 is 33.3 Å². The molecular formula is C38H81IO6Si4. The number of hydrogen-bond donors (Lipinski definition) is 0. The maximum absolute atomic E-state index is 7.57. The molecule has 0 radical (unpaired) electrons. The van der Waals surface area contributed by atoms with Gasteiger partial charge >= 0.3 is 0 Å². The molecule has 1 rings (SSSR count). The van der Waals surface area contributed by atoms with Gasteiger partial charge in [-0.05, 0) is 108 Å². The van der Waals surface area contributed by atoms with Crippen LogP contribution in [-0.2, 0) is 27.2 Å². The van der Waals surface area contributed by atoms with Crippen molar-refractivity contribution in [1.82, 2.24) is 0 Å². The van der Waals surface area contributed by atoms with Crippen molar-refractivity contribution in [2.24, 2.45) is 0 Å². The van der Waals surface area contributed by atoms with E-state index in [1.807, 2.05) is 7.11 Å². The summed E-state index contributed by atoms with van der Waals surface area (Å²) in [6.07, 6.45) is 4.91. The van der Waals surface area contributed by atoms with Crippen molar-refractivity contribution in [2.75, 3.05) is 13.7 Å². The summed E-state index contributed by atoms with van der Waals surface area (Å²) in [5.41, 5.74) is 0. The summed E-state index contributed by atoms with van der Waals surface area (Å²) in [7, 11) is -6.61. The fraction of sp³-hybridized carbons (Fsp3) is 0.947. The van der Waals surface area contributed by atoms with Gasteiger partial charge in [0.15, 0.2) is 33.3 Å². The van der Waals surface area contributed by atoms with Crippen molar-refractivity contribution in [3.63, 3.8) is 0 Å². The Morgan fingerprint density at radius 3 is 1.61 bits per heavy atom. The quantitative estimate of drug-likeness (QED) is 0.0952. The Morgan fingerprint density at radius 1 is 0.714 bits per heavy atom. The Hall–Kier alpha value is 1.10. The smallest absolute Gasteiger partial charge is 0.193 e. The van der Waals surface area contributed by atoms with Gasteiger partial charge in [-0.1, -0.05) is 106 Å². The van der Waals surface area contributed by atoms with Crippen LogP contribution < -0.4 is 0 Å². The molecule has 1 saturated heterocycles. The van der Waals surface area contributed by atoms with Crippen LogP contribution in [0.1, 0.15) is 109 Å².